The minimum atomic E-state index is 0.128. The molecule has 0 spiro atoms. The second kappa shape index (κ2) is 4.81. The van der Waals surface area contributed by atoms with E-state index in [-0.39, 0.29) is 5.91 Å². The Balaban J connectivity index is 2.20. The molecule has 3 heteroatoms. The summed E-state index contributed by atoms with van der Waals surface area (Å²) in [5.74, 6) is 0.833. The van der Waals surface area contributed by atoms with E-state index in [0.29, 0.717) is 12.0 Å². The Labute approximate surface area is 111 Å². The van der Waals surface area contributed by atoms with Gasteiger partial charge in [0.05, 0.1) is 0 Å². The molecule has 1 aromatic rings. The lowest BCUT2D eigenvalue weighted by Gasteiger charge is -2.25. The molecule has 1 aliphatic carbocycles. The van der Waals surface area contributed by atoms with Crippen molar-refractivity contribution in [1.29, 1.82) is 0 Å². The second-order valence-electron chi connectivity index (χ2n) is 4.95. The smallest absolute Gasteiger partial charge is 0.254 e. The van der Waals surface area contributed by atoms with Crippen LogP contribution in [0, 0.1) is 12.8 Å². The molecule has 0 radical (unpaired) electrons. The van der Waals surface area contributed by atoms with Crippen molar-refractivity contribution >= 4 is 21.8 Å². The number of carbonyl (C=O) groups excluding carboxylic acids is 1. The maximum Gasteiger partial charge on any atom is 0.254 e. The van der Waals surface area contributed by atoms with Crippen LogP contribution in [0.25, 0.3) is 0 Å². The number of benzene rings is 1. The van der Waals surface area contributed by atoms with Gasteiger partial charge in [-0.05, 0) is 50.3 Å². The molecule has 1 fully saturated rings. The van der Waals surface area contributed by atoms with Crippen molar-refractivity contribution in [3.63, 3.8) is 0 Å². The summed E-state index contributed by atoms with van der Waals surface area (Å²) in [5.41, 5.74) is 1.84. The first-order chi connectivity index (χ1) is 8.00. The summed E-state index contributed by atoms with van der Waals surface area (Å²) < 4.78 is 0.957. The lowest BCUT2D eigenvalue weighted by atomic mass is 10.1. The molecular formula is C14H18BrNO. The molecule has 1 aliphatic rings. The Bertz CT molecular complexity index is 440. The maximum atomic E-state index is 12.4. The molecule has 0 bridgehead atoms. The predicted octanol–water partition coefficient (Wildman–Crippen LogP) is 3.63. The number of nitrogens with zero attached hydrogens (tertiary/aromatic N) is 1. The van der Waals surface area contributed by atoms with E-state index in [1.807, 2.05) is 37.1 Å². The SMILES string of the molecule is Cc1ccc(Br)cc1C(=O)N(C)C(C)C1CC1. The zero-order valence-corrected chi connectivity index (χ0v) is 12.1. The van der Waals surface area contributed by atoms with Gasteiger partial charge in [0.1, 0.15) is 0 Å². The minimum absolute atomic E-state index is 0.128. The van der Waals surface area contributed by atoms with Gasteiger partial charge in [-0.3, -0.25) is 4.79 Å². The molecule has 2 nitrogen and oxygen atoms in total. The molecular weight excluding hydrogens is 278 g/mol. The number of carbonyl (C=O) groups is 1. The Morgan fingerprint density at radius 3 is 2.71 bits per heavy atom. The van der Waals surface area contributed by atoms with E-state index in [4.69, 9.17) is 0 Å². The Hall–Kier alpha value is -0.830. The molecule has 1 amide bonds. The topological polar surface area (TPSA) is 20.3 Å². The largest absolute Gasteiger partial charge is 0.339 e. The highest BCUT2D eigenvalue weighted by molar-refractivity contribution is 9.10. The third-order valence-electron chi connectivity index (χ3n) is 3.67. The number of halogens is 1. The number of hydrogen-bond donors (Lipinski definition) is 0. The molecule has 0 saturated heterocycles. The van der Waals surface area contributed by atoms with Crippen LogP contribution >= 0.6 is 15.9 Å². The first kappa shape index (κ1) is 12.6. The fourth-order valence-corrected chi connectivity index (χ4v) is 2.46. The van der Waals surface area contributed by atoms with E-state index >= 15 is 0 Å². The van der Waals surface area contributed by atoms with Crippen molar-refractivity contribution < 1.29 is 4.79 Å². The van der Waals surface area contributed by atoms with E-state index in [2.05, 4.69) is 22.9 Å². The molecule has 1 saturated carbocycles. The van der Waals surface area contributed by atoms with Gasteiger partial charge in [-0.2, -0.15) is 0 Å². The van der Waals surface area contributed by atoms with Gasteiger partial charge in [-0.15, -0.1) is 0 Å². The molecule has 1 aromatic carbocycles. The van der Waals surface area contributed by atoms with Crippen LogP contribution in [-0.4, -0.2) is 23.9 Å². The average molecular weight is 296 g/mol. The van der Waals surface area contributed by atoms with E-state index in [1.54, 1.807) is 0 Å². The Morgan fingerprint density at radius 2 is 2.12 bits per heavy atom. The van der Waals surface area contributed by atoms with Crippen LogP contribution in [0.2, 0.25) is 0 Å². The molecule has 17 heavy (non-hydrogen) atoms. The summed E-state index contributed by atoms with van der Waals surface area (Å²) in [5, 5.41) is 0. The summed E-state index contributed by atoms with van der Waals surface area (Å²) >= 11 is 3.42. The summed E-state index contributed by atoms with van der Waals surface area (Å²) in [6, 6.07) is 6.21. The monoisotopic (exact) mass is 295 g/mol. The maximum absolute atomic E-state index is 12.4. The zero-order valence-electron chi connectivity index (χ0n) is 10.5. The van der Waals surface area contributed by atoms with Crippen LogP contribution in [0.15, 0.2) is 22.7 Å². The fourth-order valence-electron chi connectivity index (χ4n) is 2.09. The number of aryl methyl sites for hydroxylation is 1. The van der Waals surface area contributed by atoms with Gasteiger partial charge in [0.25, 0.3) is 5.91 Å². The van der Waals surface area contributed by atoms with Crippen LogP contribution in [0.5, 0.6) is 0 Å². The molecule has 0 aliphatic heterocycles. The van der Waals surface area contributed by atoms with Crippen molar-refractivity contribution in [2.75, 3.05) is 7.05 Å². The normalized spacial score (nSPS) is 16.7. The van der Waals surface area contributed by atoms with E-state index in [0.717, 1.165) is 15.6 Å². The van der Waals surface area contributed by atoms with Crippen molar-refractivity contribution in [2.24, 2.45) is 5.92 Å². The van der Waals surface area contributed by atoms with Gasteiger partial charge < -0.3 is 4.90 Å². The first-order valence-electron chi connectivity index (χ1n) is 6.04. The molecule has 0 heterocycles. The van der Waals surface area contributed by atoms with Gasteiger partial charge in [0, 0.05) is 23.1 Å². The van der Waals surface area contributed by atoms with Crippen LogP contribution < -0.4 is 0 Å². The Kier molecular flexibility index (Phi) is 3.57. The standard InChI is InChI=1S/C14H18BrNO/c1-9-4-7-12(15)8-13(9)14(17)16(3)10(2)11-5-6-11/h4,7-8,10-11H,5-6H2,1-3H3. The van der Waals surface area contributed by atoms with Gasteiger partial charge in [-0.1, -0.05) is 22.0 Å². The highest BCUT2D eigenvalue weighted by atomic mass is 79.9. The highest BCUT2D eigenvalue weighted by Crippen LogP contribution is 2.35. The van der Waals surface area contributed by atoms with E-state index < -0.39 is 0 Å². The molecule has 1 atom stereocenters. The second-order valence-corrected chi connectivity index (χ2v) is 5.87. The zero-order chi connectivity index (χ0) is 12.6. The van der Waals surface area contributed by atoms with Crippen LogP contribution in [0.1, 0.15) is 35.7 Å². The first-order valence-corrected chi connectivity index (χ1v) is 6.83. The number of hydrogen-bond acceptors (Lipinski definition) is 1. The highest BCUT2D eigenvalue weighted by Gasteiger charge is 2.32. The fraction of sp³-hybridized carbons (Fsp3) is 0.500. The number of rotatable bonds is 3. The van der Waals surface area contributed by atoms with Crippen molar-refractivity contribution in [3.8, 4) is 0 Å². The quantitative estimate of drug-likeness (QED) is 0.834. The van der Waals surface area contributed by atoms with E-state index in [9.17, 15) is 4.79 Å². The summed E-state index contributed by atoms with van der Waals surface area (Å²) in [4.78, 5) is 14.3. The minimum Gasteiger partial charge on any atom is -0.339 e. The van der Waals surface area contributed by atoms with Crippen LogP contribution in [0.3, 0.4) is 0 Å². The summed E-state index contributed by atoms with van der Waals surface area (Å²) in [7, 11) is 1.91. The molecule has 2 rings (SSSR count). The van der Waals surface area contributed by atoms with Crippen molar-refractivity contribution in [3.05, 3.63) is 33.8 Å². The van der Waals surface area contributed by atoms with Gasteiger partial charge >= 0.3 is 0 Å². The molecule has 1 unspecified atom stereocenters. The van der Waals surface area contributed by atoms with Gasteiger partial charge in [0.2, 0.25) is 0 Å². The average Bonchev–Trinajstić information content (AvgIpc) is 3.13. The lowest BCUT2D eigenvalue weighted by molar-refractivity contribution is 0.0726. The third-order valence-corrected chi connectivity index (χ3v) is 4.16. The van der Waals surface area contributed by atoms with Crippen molar-refractivity contribution in [2.45, 2.75) is 32.7 Å². The third kappa shape index (κ3) is 2.71. The van der Waals surface area contributed by atoms with Gasteiger partial charge in [0.15, 0.2) is 0 Å². The van der Waals surface area contributed by atoms with Gasteiger partial charge in [-0.25, -0.2) is 0 Å². The summed E-state index contributed by atoms with van der Waals surface area (Å²) in [6.07, 6.45) is 2.52. The van der Waals surface area contributed by atoms with E-state index in [1.165, 1.54) is 12.8 Å². The number of amides is 1. The lowest BCUT2D eigenvalue weighted by Crippen LogP contribution is -2.36. The molecule has 0 aromatic heterocycles. The summed E-state index contributed by atoms with van der Waals surface area (Å²) in [6.45, 7) is 4.12. The molecule has 92 valence electrons. The van der Waals surface area contributed by atoms with Crippen LogP contribution in [0.4, 0.5) is 0 Å². The predicted molar refractivity (Wildman–Crippen MR) is 73.2 cm³/mol. The molecule has 0 N–H and O–H groups in total. The van der Waals surface area contributed by atoms with Crippen LogP contribution in [-0.2, 0) is 0 Å². The Morgan fingerprint density at radius 1 is 1.47 bits per heavy atom. The van der Waals surface area contributed by atoms with Crippen molar-refractivity contribution in [1.82, 2.24) is 4.90 Å².